The monoisotopic (exact) mass is 280 g/mol. The number of anilines is 1. The van der Waals surface area contributed by atoms with E-state index in [9.17, 15) is 0 Å². The number of hydrazone groups is 1. The van der Waals surface area contributed by atoms with Crippen LogP contribution in [0.2, 0.25) is 0 Å². The van der Waals surface area contributed by atoms with Crippen LogP contribution in [0.4, 0.5) is 5.82 Å². The van der Waals surface area contributed by atoms with Crippen molar-refractivity contribution in [3.8, 4) is 11.3 Å². The van der Waals surface area contributed by atoms with Crippen LogP contribution in [0.5, 0.6) is 0 Å². The van der Waals surface area contributed by atoms with Crippen LogP contribution in [0.15, 0.2) is 65.1 Å². The Bertz CT molecular complexity index is 676. The number of nitrogens with one attached hydrogen (secondary N) is 1. The van der Waals surface area contributed by atoms with E-state index in [2.05, 4.69) is 20.7 Å². The normalized spacial score (nSPS) is 10.8. The standard InChI is InChI=1S/C15H12N4S/c1-2-5-12(6-3-1)14-8-9-15(19-17-14)18-16-11-13-7-4-10-20-13/h1-11H,(H,18,19). The molecule has 0 fully saturated rings. The molecule has 2 heterocycles. The third kappa shape index (κ3) is 3.07. The van der Waals surface area contributed by atoms with Gasteiger partial charge in [-0.3, -0.25) is 5.43 Å². The van der Waals surface area contributed by atoms with Crippen molar-refractivity contribution in [3.63, 3.8) is 0 Å². The highest BCUT2D eigenvalue weighted by atomic mass is 32.1. The quantitative estimate of drug-likeness (QED) is 0.586. The SMILES string of the molecule is C(=NNc1ccc(-c2ccccc2)nn1)c1cccs1. The average molecular weight is 280 g/mol. The van der Waals surface area contributed by atoms with Crippen molar-refractivity contribution in [2.24, 2.45) is 5.10 Å². The molecule has 1 N–H and O–H groups in total. The predicted octanol–water partition coefficient (Wildman–Crippen LogP) is 3.65. The number of nitrogens with zero attached hydrogens (tertiary/aromatic N) is 3. The van der Waals surface area contributed by atoms with Crippen molar-refractivity contribution in [1.29, 1.82) is 0 Å². The Balaban J connectivity index is 1.67. The molecule has 0 aliphatic heterocycles. The van der Waals surface area contributed by atoms with Crippen LogP contribution in [0.3, 0.4) is 0 Å². The van der Waals surface area contributed by atoms with Crippen molar-refractivity contribution >= 4 is 23.4 Å². The lowest BCUT2D eigenvalue weighted by Crippen LogP contribution is -1.95. The van der Waals surface area contributed by atoms with Gasteiger partial charge < -0.3 is 0 Å². The molecule has 0 aliphatic carbocycles. The number of hydrogen-bond donors (Lipinski definition) is 1. The van der Waals surface area contributed by atoms with Gasteiger partial charge in [0, 0.05) is 10.4 Å². The number of benzene rings is 1. The molecular weight excluding hydrogens is 268 g/mol. The topological polar surface area (TPSA) is 50.2 Å². The molecule has 0 radical (unpaired) electrons. The van der Waals surface area contributed by atoms with E-state index in [-0.39, 0.29) is 0 Å². The van der Waals surface area contributed by atoms with Crippen molar-refractivity contribution in [1.82, 2.24) is 10.2 Å². The van der Waals surface area contributed by atoms with Gasteiger partial charge in [-0.25, -0.2) is 0 Å². The Morgan fingerprint density at radius 3 is 2.55 bits per heavy atom. The smallest absolute Gasteiger partial charge is 0.168 e. The van der Waals surface area contributed by atoms with Crippen molar-refractivity contribution in [2.45, 2.75) is 0 Å². The molecule has 0 bridgehead atoms. The molecule has 0 unspecified atom stereocenters. The predicted molar refractivity (Wildman–Crippen MR) is 83.0 cm³/mol. The van der Waals surface area contributed by atoms with E-state index in [0.717, 1.165) is 16.1 Å². The van der Waals surface area contributed by atoms with Gasteiger partial charge in [0.15, 0.2) is 5.82 Å². The van der Waals surface area contributed by atoms with Gasteiger partial charge in [0.05, 0.1) is 11.9 Å². The van der Waals surface area contributed by atoms with Gasteiger partial charge in [-0.05, 0) is 23.6 Å². The first-order valence-electron chi connectivity index (χ1n) is 6.13. The number of hydrogen-bond acceptors (Lipinski definition) is 5. The van der Waals surface area contributed by atoms with Gasteiger partial charge in [-0.15, -0.1) is 21.5 Å². The van der Waals surface area contributed by atoms with Crippen LogP contribution >= 0.6 is 11.3 Å². The zero-order chi connectivity index (χ0) is 13.6. The van der Waals surface area contributed by atoms with Gasteiger partial charge in [-0.2, -0.15) is 5.10 Å². The lowest BCUT2D eigenvalue weighted by atomic mass is 10.1. The van der Waals surface area contributed by atoms with E-state index in [1.54, 1.807) is 17.6 Å². The zero-order valence-electron chi connectivity index (χ0n) is 10.6. The summed E-state index contributed by atoms with van der Waals surface area (Å²) in [6.45, 7) is 0. The maximum absolute atomic E-state index is 4.18. The lowest BCUT2D eigenvalue weighted by molar-refractivity contribution is 1.03. The van der Waals surface area contributed by atoms with Crippen molar-refractivity contribution in [3.05, 3.63) is 64.9 Å². The van der Waals surface area contributed by atoms with Gasteiger partial charge in [0.2, 0.25) is 0 Å². The lowest BCUT2D eigenvalue weighted by Gasteiger charge is -2.01. The summed E-state index contributed by atoms with van der Waals surface area (Å²) in [6, 6.07) is 17.7. The molecule has 0 atom stereocenters. The Morgan fingerprint density at radius 1 is 0.950 bits per heavy atom. The Kier molecular flexibility index (Phi) is 3.80. The molecule has 1 aromatic carbocycles. The summed E-state index contributed by atoms with van der Waals surface area (Å²) in [5, 5.41) is 14.4. The fourth-order valence-corrected chi connectivity index (χ4v) is 2.27. The first kappa shape index (κ1) is 12.5. The first-order chi connectivity index (χ1) is 9.92. The van der Waals surface area contributed by atoms with E-state index in [1.165, 1.54) is 0 Å². The van der Waals surface area contributed by atoms with E-state index in [1.807, 2.05) is 60.0 Å². The summed E-state index contributed by atoms with van der Waals surface area (Å²) in [4.78, 5) is 1.09. The molecule has 0 amide bonds. The van der Waals surface area contributed by atoms with E-state index in [0.29, 0.717) is 5.82 Å². The zero-order valence-corrected chi connectivity index (χ0v) is 11.4. The maximum atomic E-state index is 4.18. The largest absolute Gasteiger partial charge is 0.260 e. The molecule has 0 spiro atoms. The van der Waals surface area contributed by atoms with Crippen LogP contribution < -0.4 is 5.43 Å². The fourth-order valence-electron chi connectivity index (χ4n) is 1.68. The van der Waals surface area contributed by atoms with E-state index >= 15 is 0 Å². The Morgan fingerprint density at radius 2 is 1.85 bits per heavy atom. The van der Waals surface area contributed by atoms with Crippen LogP contribution in [-0.2, 0) is 0 Å². The summed E-state index contributed by atoms with van der Waals surface area (Å²) in [7, 11) is 0. The van der Waals surface area contributed by atoms with Gasteiger partial charge in [0.1, 0.15) is 0 Å². The Labute approximate surface area is 120 Å². The third-order valence-corrected chi connectivity index (χ3v) is 3.46. The molecule has 2 aromatic heterocycles. The summed E-state index contributed by atoms with van der Waals surface area (Å²) >= 11 is 1.63. The van der Waals surface area contributed by atoms with Crippen molar-refractivity contribution in [2.75, 3.05) is 5.43 Å². The van der Waals surface area contributed by atoms with Crippen LogP contribution in [0.1, 0.15) is 4.88 Å². The van der Waals surface area contributed by atoms with E-state index < -0.39 is 0 Å². The maximum Gasteiger partial charge on any atom is 0.168 e. The highest BCUT2D eigenvalue weighted by Gasteiger charge is 1.99. The molecule has 5 heteroatoms. The van der Waals surface area contributed by atoms with Gasteiger partial charge in [-0.1, -0.05) is 36.4 Å². The van der Waals surface area contributed by atoms with Crippen LogP contribution in [0.25, 0.3) is 11.3 Å². The van der Waals surface area contributed by atoms with Gasteiger partial charge in [0.25, 0.3) is 0 Å². The fraction of sp³-hybridized carbons (Fsp3) is 0. The number of rotatable bonds is 4. The summed E-state index contributed by atoms with van der Waals surface area (Å²) in [5.74, 6) is 0.623. The Hall–Kier alpha value is -2.53. The molecule has 98 valence electrons. The second-order valence-electron chi connectivity index (χ2n) is 4.06. The third-order valence-electron chi connectivity index (χ3n) is 2.65. The highest BCUT2D eigenvalue weighted by Crippen LogP contribution is 2.16. The van der Waals surface area contributed by atoms with Crippen molar-refractivity contribution < 1.29 is 0 Å². The minimum atomic E-state index is 0.623. The molecular formula is C15H12N4S. The van der Waals surface area contributed by atoms with E-state index in [4.69, 9.17) is 0 Å². The molecule has 20 heavy (non-hydrogen) atoms. The number of aromatic nitrogens is 2. The average Bonchev–Trinajstić information content (AvgIpc) is 3.02. The van der Waals surface area contributed by atoms with Crippen LogP contribution in [-0.4, -0.2) is 16.4 Å². The minimum absolute atomic E-state index is 0.623. The second kappa shape index (κ2) is 6.08. The summed E-state index contributed by atoms with van der Waals surface area (Å²) in [6.07, 6.45) is 1.76. The minimum Gasteiger partial charge on any atom is -0.260 e. The summed E-state index contributed by atoms with van der Waals surface area (Å²) < 4.78 is 0. The van der Waals surface area contributed by atoms with Gasteiger partial charge >= 0.3 is 0 Å². The molecule has 0 aliphatic rings. The molecule has 3 rings (SSSR count). The highest BCUT2D eigenvalue weighted by molar-refractivity contribution is 7.11. The second-order valence-corrected chi connectivity index (χ2v) is 5.03. The molecule has 0 saturated carbocycles. The molecule has 3 aromatic rings. The number of thiophene rings is 1. The van der Waals surface area contributed by atoms with Crippen LogP contribution in [0, 0.1) is 0 Å². The molecule has 0 saturated heterocycles. The molecule has 4 nitrogen and oxygen atoms in total. The summed E-state index contributed by atoms with van der Waals surface area (Å²) in [5.41, 5.74) is 4.76. The first-order valence-corrected chi connectivity index (χ1v) is 7.01.